The minimum absolute atomic E-state index is 0.149. The fourth-order valence-corrected chi connectivity index (χ4v) is 2.48. The standard InChI is InChI=1S/C20H26N4O4/c1-22-20(24-12-15-7-8-16(26-2)10-18(15)27-3)23-11-14-5-4-6-17(9-14)28-13-19(21)25/h4-10H,11-13H2,1-3H3,(H2,21,25)(H2,22,23,24). The second kappa shape index (κ2) is 10.7. The lowest BCUT2D eigenvalue weighted by Gasteiger charge is -2.15. The first kappa shape index (κ1) is 20.9. The van der Waals surface area contributed by atoms with E-state index in [0.29, 0.717) is 24.8 Å². The van der Waals surface area contributed by atoms with E-state index in [2.05, 4.69) is 15.6 Å². The summed E-state index contributed by atoms with van der Waals surface area (Å²) in [5.74, 6) is 2.19. The number of amides is 1. The van der Waals surface area contributed by atoms with Crippen LogP contribution in [0.4, 0.5) is 0 Å². The molecule has 2 rings (SSSR count). The topological polar surface area (TPSA) is 107 Å². The second-order valence-electron chi connectivity index (χ2n) is 5.86. The van der Waals surface area contributed by atoms with Crippen LogP contribution in [0.25, 0.3) is 0 Å². The van der Waals surface area contributed by atoms with Crippen molar-refractivity contribution < 1.29 is 19.0 Å². The number of methoxy groups -OCH3 is 2. The summed E-state index contributed by atoms with van der Waals surface area (Å²) in [7, 11) is 4.94. The van der Waals surface area contributed by atoms with Gasteiger partial charge in [0.05, 0.1) is 14.2 Å². The number of aliphatic imine (C=N–C) groups is 1. The third-order valence-corrected chi connectivity index (χ3v) is 3.90. The molecule has 0 saturated carbocycles. The van der Waals surface area contributed by atoms with Gasteiger partial charge in [-0.05, 0) is 29.8 Å². The quantitative estimate of drug-likeness (QED) is 0.445. The smallest absolute Gasteiger partial charge is 0.255 e. The fraction of sp³-hybridized carbons (Fsp3) is 0.300. The van der Waals surface area contributed by atoms with Gasteiger partial charge in [-0.2, -0.15) is 0 Å². The molecule has 8 nitrogen and oxygen atoms in total. The van der Waals surface area contributed by atoms with Crippen molar-refractivity contribution in [2.45, 2.75) is 13.1 Å². The number of ether oxygens (including phenoxy) is 3. The van der Waals surface area contributed by atoms with Crippen LogP contribution in [0.3, 0.4) is 0 Å². The van der Waals surface area contributed by atoms with Crippen molar-refractivity contribution >= 4 is 11.9 Å². The van der Waals surface area contributed by atoms with Crippen LogP contribution in [0.1, 0.15) is 11.1 Å². The highest BCUT2D eigenvalue weighted by atomic mass is 16.5. The molecule has 0 saturated heterocycles. The Morgan fingerprint density at radius 2 is 1.82 bits per heavy atom. The SMILES string of the molecule is CN=C(NCc1cccc(OCC(N)=O)c1)NCc1ccc(OC)cc1OC. The van der Waals surface area contributed by atoms with Crippen molar-refractivity contribution in [2.24, 2.45) is 10.7 Å². The van der Waals surface area contributed by atoms with Crippen molar-refractivity contribution in [3.8, 4) is 17.2 Å². The summed E-state index contributed by atoms with van der Waals surface area (Å²) < 4.78 is 15.9. The number of carbonyl (C=O) groups is 1. The number of carbonyl (C=O) groups excluding carboxylic acids is 1. The number of guanidine groups is 1. The minimum Gasteiger partial charge on any atom is -0.497 e. The summed E-state index contributed by atoms with van der Waals surface area (Å²) in [6.45, 7) is 0.922. The molecule has 2 aromatic carbocycles. The van der Waals surface area contributed by atoms with Crippen molar-refractivity contribution in [3.63, 3.8) is 0 Å². The number of nitrogens with one attached hydrogen (secondary N) is 2. The van der Waals surface area contributed by atoms with E-state index in [0.717, 1.165) is 22.6 Å². The Hall–Kier alpha value is -3.42. The summed E-state index contributed by atoms with van der Waals surface area (Å²) in [4.78, 5) is 15.1. The molecular formula is C20H26N4O4. The normalized spacial score (nSPS) is 10.9. The molecule has 0 aliphatic carbocycles. The molecule has 0 bridgehead atoms. The van der Waals surface area contributed by atoms with Crippen molar-refractivity contribution in [1.29, 1.82) is 0 Å². The molecule has 4 N–H and O–H groups in total. The van der Waals surface area contributed by atoms with Gasteiger partial charge in [0.15, 0.2) is 12.6 Å². The highest BCUT2D eigenvalue weighted by Crippen LogP contribution is 2.24. The van der Waals surface area contributed by atoms with Crippen LogP contribution in [-0.4, -0.2) is 39.7 Å². The van der Waals surface area contributed by atoms with Gasteiger partial charge in [0, 0.05) is 31.8 Å². The molecule has 0 atom stereocenters. The van der Waals surface area contributed by atoms with Crippen LogP contribution >= 0.6 is 0 Å². The lowest BCUT2D eigenvalue weighted by Crippen LogP contribution is -2.36. The average Bonchev–Trinajstić information content (AvgIpc) is 2.72. The first-order valence-corrected chi connectivity index (χ1v) is 8.71. The van der Waals surface area contributed by atoms with E-state index in [9.17, 15) is 4.79 Å². The monoisotopic (exact) mass is 386 g/mol. The highest BCUT2D eigenvalue weighted by Gasteiger charge is 2.07. The third-order valence-electron chi connectivity index (χ3n) is 3.90. The first-order chi connectivity index (χ1) is 13.5. The maximum atomic E-state index is 10.8. The summed E-state index contributed by atoms with van der Waals surface area (Å²) in [6, 6.07) is 13.1. The van der Waals surface area contributed by atoms with Gasteiger partial charge in [-0.1, -0.05) is 12.1 Å². The molecule has 150 valence electrons. The molecule has 8 heteroatoms. The van der Waals surface area contributed by atoms with Crippen LogP contribution in [0.5, 0.6) is 17.2 Å². The molecular weight excluding hydrogens is 360 g/mol. The molecule has 1 amide bonds. The van der Waals surface area contributed by atoms with E-state index in [1.54, 1.807) is 27.3 Å². The summed E-state index contributed by atoms with van der Waals surface area (Å²) >= 11 is 0. The fourth-order valence-electron chi connectivity index (χ4n) is 2.48. The van der Waals surface area contributed by atoms with E-state index in [-0.39, 0.29) is 6.61 Å². The zero-order valence-corrected chi connectivity index (χ0v) is 16.3. The van der Waals surface area contributed by atoms with Crippen LogP contribution in [0.2, 0.25) is 0 Å². The molecule has 0 unspecified atom stereocenters. The van der Waals surface area contributed by atoms with E-state index in [4.69, 9.17) is 19.9 Å². The van der Waals surface area contributed by atoms with Gasteiger partial charge >= 0.3 is 0 Å². The largest absolute Gasteiger partial charge is 0.497 e. The Morgan fingerprint density at radius 1 is 1.04 bits per heavy atom. The predicted molar refractivity (Wildman–Crippen MR) is 108 cm³/mol. The maximum absolute atomic E-state index is 10.8. The first-order valence-electron chi connectivity index (χ1n) is 8.71. The number of nitrogens with zero attached hydrogens (tertiary/aromatic N) is 1. The lowest BCUT2D eigenvalue weighted by atomic mass is 10.2. The number of benzene rings is 2. The molecule has 0 fully saturated rings. The second-order valence-corrected chi connectivity index (χ2v) is 5.86. The highest BCUT2D eigenvalue weighted by molar-refractivity contribution is 5.79. The Morgan fingerprint density at radius 3 is 2.50 bits per heavy atom. The Balaban J connectivity index is 1.91. The zero-order chi connectivity index (χ0) is 20.4. The molecule has 2 aromatic rings. The van der Waals surface area contributed by atoms with Gasteiger partial charge in [0.2, 0.25) is 0 Å². The molecule has 0 aliphatic rings. The molecule has 0 aliphatic heterocycles. The number of rotatable bonds is 9. The van der Waals surface area contributed by atoms with E-state index >= 15 is 0 Å². The Bertz CT molecular complexity index is 824. The molecule has 0 heterocycles. The van der Waals surface area contributed by atoms with Gasteiger partial charge in [-0.15, -0.1) is 0 Å². The zero-order valence-electron chi connectivity index (χ0n) is 16.3. The van der Waals surface area contributed by atoms with Crippen LogP contribution in [-0.2, 0) is 17.9 Å². The van der Waals surface area contributed by atoms with Gasteiger partial charge < -0.3 is 30.6 Å². The van der Waals surface area contributed by atoms with E-state index < -0.39 is 5.91 Å². The van der Waals surface area contributed by atoms with Crippen molar-refractivity contribution in [1.82, 2.24) is 10.6 Å². The summed E-state index contributed by atoms with van der Waals surface area (Å²) in [5.41, 5.74) is 7.06. The Kier molecular flexibility index (Phi) is 7.95. The van der Waals surface area contributed by atoms with Gasteiger partial charge in [-0.3, -0.25) is 9.79 Å². The lowest BCUT2D eigenvalue weighted by molar-refractivity contribution is -0.119. The summed E-state index contributed by atoms with van der Waals surface area (Å²) in [6.07, 6.45) is 0. The molecule has 0 aromatic heterocycles. The molecule has 0 spiro atoms. The van der Waals surface area contributed by atoms with Gasteiger partial charge in [0.25, 0.3) is 5.91 Å². The average molecular weight is 386 g/mol. The van der Waals surface area contributed by atoms with E-state index in [1.165, 1.54) is 0 Å². The van der Waals surface area contributed by atoms with Crippen LogP contribution in [0, 0.1) is 0 Å². The number of nitrogens with two attached hydrogens (primary N) is 1. The van der Waals surface area contributed by atoms with Gasteiger partial charge in [-0.25, -0.2) is 0 Å². The van der Waals surface area contributed by atoms with Gasteiger partial charge in [0.1, 0.15) is 17.2 Å². The van der Waals surface area contributed by atoms with E-state index in [1.807, 2.05) is 36.4 Å². The summed E-state index contributed by atoms with van der Waals surface area (Å²) in [5, 5.41) is 6.48. The molecule has 0 radical (unpaired) electrons. The minimum atomic E-state index is -0.512. The number of hydrogen-bond donors (Lipinski definition) is 3. The third kappa shape index (κ3) is 6.39. The molecule has 28 heavy (non-hydrogen) atoms. The number of hydrogen-bond acceptors (Lipinski definition) is 5. The van der Waals surface area contributed by atoms with Crippen LogP contribution < -0.4 is 30.6 Å². The van der Waals surface area contributed by atoms with Crippen LogP contribution in [0.15, 0.2) is 47.5 Å². The maximum Gasteiger partial charge on any atom is 0.255 e. The predicted octanol–water partition coefficient (Wildman–Crippen LogP) is 1.43. The Labute approximate surface area is 164 Å². The van der Waals surface area contributed by atoms with Crippen molar-refractivity contribution in [2.75, 3.05) is 27.9 Å². The number of primary amides is 1. The van der Waals surface area contributed by atoms with Crippen molar-refractivity contribution in [3.05, 3.63) is 53.6 Å².